The predicted molar refractivity (Wildman–Crippen MR) is 96.7 cm³/mol. The van der Waals surface area contributed by atoms with Crippen molar-refractivity contribution in [3.8, 4) is 0 Å². The summed E-state index contributed by atoms with van der Waals surface area (Å²) < 4.78 is 2.97. The van der Waals surface area contributed by atoms with Gasteiger partial charge in [0.2, 0.25) is 0 Å². The maximum atomic E-state index is 13.0. The van der Waals surface area contributed by atoms with Gasteiger partial charge in [0.25, 0.3) is 5.91 Å². The second-order valence-electron chi connectivity index (χ2n) is 5.86. The standard InChI is InChI=1S/C19H16N4O2/c20-15-6-7-16-14(10-15)8-9-22(16)18(24)17-11-21-19(25)23(17)12-13-4-2-1-3-5-13/h1-11H,12,20H2,(H,21,25). The van der Waals surface area contributed by atoms with Crippen molar-refractivity contribution in [2.45, 2.75) is 6.54 Å². The number of H-pyrrole nitrogens is 1. The Bertz CT molecular complexity index is 1120. The predicted octanol–water partition coefficient (Wildman–Crippen LogP) is 2.45. The van der Waals surface area contributed by atoms with Gasteiger partial charge in [0.05, 0.1) is 12.1 Å². The van der Waals surface area contributed by atoms with E-state index in [4.69, 9.17) is 5.73 Å². The molecule has 2 heterocycles. The summed E-state index contributed by atoms with van der Waals surface area (Å²) in [6.07, 6.45) is 3.15. The van der Waals surface area contributed by atoms with Crippen LogP contribution in [0.1, 0.15) is 16.1 Å². The fourth-order valence-corrected chi connectivity index (χ4v) is 2.96. The summed E-state index contributed by atoms with van der Waals surface area (Å²) in [4.78, 5) is 27.7. The maximum Gasteiger partial charge on any atom is 0.326 e. The second kappa shape index (κ2) is 5.83. The Morgan fingerprint density at radius 2 is 1.88 bits per heavy atom. The number of nitrogens with two attached hydrogens (primary N) is 1. The van der Waals surface area contributed by atoms with Crippen LogP contribution >= 0.6 is 0 Å². The summed E-state index contributed by atoms with van der Waals surface area (Å²) in [5.41, 5.74) is 8.12. The van der Waals surface area contributed by atoms with Crippen LogP contribution in [0, 0.1) is 0 Å². The van der Waals surface area contributed by atoms with Crippen molar-refractivity contribution >= 4 is 22.5 Å². The first-order chi connectivity index (χ1) is 12.1. The van der Waals surface area contributed by atoms with E-state index in [0.717, 1.165) is 16.5 Å². The minimum absolute atomic E-state index is 0.269. The molecule has 0 aliphatic rings. The van der Waals surface area contributed by atoms with E-state index in [9.17, 15) is 9.59 Å². The quantitative estimate of drug-likeness (QED) is 0.565. The van der Waals surface area contributed by atoms with Crippen LogP contribution in [-0.2, 0) is 6.54 Å². The molecule has 0 amide bonds. The zero-order valence-corrected chi connectivity index (χ0v) is 13.3. The van der Waals surface area contributed by atoms with E-state index in [2.05, 4.69) is 4.98 Å². The summed E-state index contributed by atoms with van der Waals surface area (Å²) in [6.45, 7) is 0.330. The Labute approximate surface area is 143 Å². The Hall–Kier alpha value is -3.54. The Kier molecular flexibility index (Phi) is 3.50. The molecular weight excluding hydrogens is 316 g/mol. The van der Waals surface area contributed by atoms with Crippen LogP contribution in [0.15, 0.2) is 71.8 Å². The molecule has 0 spiro atoms. The van der Waals surface area contributed by atoms with E-state index in [1.807, 2.05) is 42.5 Å². The van der Waals surface area contributed by atoms with Gasteiger partial charge in [0.15, 0.2) is 0 Å². The van der Waals surface area contributed by atoms with E-state index in [0.29, 0.717) is 17.9 Å². The summed E-state index contributed by atoms with van der Waals surface area (Å²) in [5, 5.41) is 0.876. The lowest BCUT2D eigenvalue weighted by atomic mass is 10.2. The van der Waals surface area contributed by atoms with Crippen LogP contribution in [0.25, 0.3) is 10.9 Å². The normalized spacial score (nSPS) is 11.0. The van der Waals surface area contributed by atoms with Crippen molar-refractivity contribution in [3.63, 3.8) is 0 Å². The molecule has 124 valence electrons. The van der Waals surface area contributed by atoms with Crippen LogP contribution < -0.4 is 11.4 Å². The molecule has 0 atom stereocenters. The van der Waals surface area contributed by atoms with Crippen LogP contribution in [0.5, 0.6) is 0 Å². The first-order valence-electron chi connectivity index (χ1n) is 7.87. The van der Waals surface area contributed by atoms with E-state index < -0.39 is 0 Å². The van der Waals surface area contributed by atoms with Gasteiger partial charge in [-0.25, -0.2) is 4.79 Å². The first-order valence-corrected chi connectivity index (χ1v) is 7.87. The van der Waals surface area contributed by atoms with Gasteiger partial charge >= 0.3 is 5.69 Å². The smallest absolute Gasteiger partial charge is 0.326 e. The summed E-state index contributed by atoms with van der Waals surface area (Å²) in [7, 11) is 0. The monoisotopic (exact) mass is 332 g/mol. The minimum atomic E-state index is -0.312. The van der Waals surface area contributed by atoms with Gasteiger partial charge in [-0.1, -0.05) is 30.3 Å². The average Bonchev–Trinajstić information content (AvgIpc) is 3.19. The van der Waals surface area contributed by atoms with Crippen molar-refractivity contribution < 1.29 is 4.79 Å². The zero-order valence-electron chi connectivity index (χ0n) is 13.3. The molecular formula is C19H16N4O2. The first kappa shape index (κ1) is 15.0. The number of nitrogens with zero attached hydrogens (tertiary/aromatic N) is 2. The highest BCUT2D eigenvalue weighted by atomic mass is 16.2. The number of fused-ring (bicyclic) bond motifs is 1. The largest absolute Gasteiger partial charge is 0.399 e. The molecule has 6 heteroatoms. The maximum absolute atomic E-state index is 13.0. The highest BCUT2D eigenvalue weighted by Gasteiger charge is 2.18. The van der Waals surface area contributed by atoms with Gasteiger partial charge in [-0.05, 0) is 29.8 Å². The van der Waals surface area contributed by atoms with Crippen LogP contribution in [-0.4, -0.2) is 20.0 Å². The third kappa shape index (κ3) is 2.63. The van der Waals surface area contributed by atoms with Crippen LogP contribution in [0.2, 0.25) is 0 Å². The number of imidazole rings is 1. The van der Waals surface area contributed by atoms with E-state index in [1.165, 1.54) is 15.3 Å². The number of benzene rings is 2. The minimum Gasteiger partial charge on any atom is -0.399 e. The van der Waals surface area contributed by atoms with Gasteiger partial charge in [-0.15, -0.1) is 0 Å². The summed E-state index contributed by atoms with van der Waals surface area (Å²) in [6, 6.07) is 16.7. The Morgan fingerprint density at radius 3 is 2.68 bits per heavy atom. The van der Waals surface area contributed by atoms with Gasteiger partial charge in [-0.2, -0.15) is 0 Å². The SMILES string of the molecule is Nc1ccc2c(ccn2C(=O)c2c[nH]c(=O)n2Cc2ccccc2)c1. The van der Waals surface area contributed by atoms with Crippen molar-refractivity contribution in [3.05, 3.63) is 88.7 Å². The number of nitrogens with one attached hydrogen (secondary N) is 1. The Morgan fingerprint density at radius 1 is 1.08 bits per heavy atom. The molecule has 0 bridgehead atoms. The molecule has 2 aromatic carbocycles. The number of hydrogen-bond donors (Lipinski definition) is 2. The molecule has 0 saturated carbocycles. The molecule has 0 unspecified atom stereocenters. The number of rotatable bonds is 3. The fraction of sp³-hybridized carbons (Fsp3) is 0.0526. The molecule has 25 heavy (non-hydrogen) atoms. The fourth-order valence-electron chi connectivity index (χ4n) is 2.96. The molecule has 4 aromatic rings. The molecule has 0 radical (unpaired) electrons. The topological polar surface area (TPSA) is 85.8 Å². The number of carbonyl (C=O) groups excluding carboxylic acids is 1. The second-order valence-corrected chi connectivity index (χ2v) is 5.86. The molecule has 2 aromatic heterocycles. The lowest BCUT2D eigenvalue weighted by Crippen LogP contribution is -2.24. The number of anilines is 1. The lowest BCUT2D eigenvalue weighted by Gasteiger charge is -2.08. The van der Waals surface area contributed by atoms with Crippen LogP contribution in [0.3, 0.4) is 0 Å². The van der Waals surface area contributed by atoms with Gasteiger partial charge < -0.3 is 10.7 Å². The molecule has 0 aliphatic carbocycles. The number of carbonyl (C=O) groups is 1. The highest BCUT2D eigenvalue weighted by Crippen LogP contribution is 2.20. The number of aromatic amines is 1. The molecule has 0 saturated heterocycles. The van der Waals surface area contributed by atoms with Crippen molar-refractivity contribution in [1.82, 2.24) is 14.1 Å². The molecule has 4 rings (SSSR count). The summed E-state index contributed by atoms with van der Waals surface area (Å²) >= 11 is 0. The van der Waals surface area contributed by atoms with Gasteiger partial charge in [-0.3, -0.25) is 13.9 Å². The third-order valence-corrected chi connectivity index (χ3v) is 4.20. The lowest BCUT2D eigenvalue weighted by molar-refractivity contribution is 0.0956. The molecule has 0 aliphatic heterocycles. The number of hydrogen-bond acceptors (Lipinski definition) is 3. The van der Waals surface area contributed by atoms with E-state index in [-0.39, 0.29) is 11.6 Å². The Balaban J connectivity index is 1.77. The van der Waals surface area contributed by atoms with E-state index >= 15 is 0 Å². The highest BCUT2D eigenvalue weighted by molar-refractivity contribution is 6.01. The van der Waals surface area contributed by atoms with Gasteiger partial charge in [0.1, 0.15) is 5.69 Å². The van der Waals surface area contributed by atoms with Crippen molar-refractivity contribution in [2.24, 2.45) is 0 Å². The average molecular weight is 332 g/mol. The zero-order chi connectivity index (χ0) is 17.4. The van der Waals surface area contributed by atoms with E-state index in [1.54, 1.807) is 18.3 Å². The molecule has 6 nitrogen and oxygen atoms in total. The molecule has 0 fully saturated rings. The number of aromatic nitrogens is 3. The molecule has 3 N–H and O–H groups in total. The third-order valence-electron chi connectivity index (χ3n) is 4.20. The van der Waals surface area contributed by atoms with Crippen molar-refractivity contribution in [1.29, 1.82) is 0 Å². The van der Waals surface area contributed by atoms with Gasteiger partial charge in [0, 0.05) is 23.5 Å². The van der Waals surface area contributed by atoms with Crippen molar-refractivity contribution in [2.75, 3.05) is 5.73 Å². The number of nitrogen functional groups attached to an aromatic ring is 1. The summed E-state index contributed by atoms with van der Waals surface area (Å²) in [5.74, 6) is -0.269. The van der Waals surface area contributed by atoms with Crippen LogP contribution in [0.4, 0.5) is 5.69 Å².